The summed E-state index contributed by atoms with van der Waals surface area (Å²) in [6.07, 6.45) is -1.05. The Morgan fingerprint density at radius 3 is 2.28 bits per heavy atom. The van der Waals surface area contributed by atoms with Gasteiger partial charge in [-0.2, -0.15) is 5.26 Å². The molecule has 8 heteroatoms. The maximum absolute atomic E-state index is 13.9. The number of carbonyl (C=O) groups excluding carboxylic acids is 3. The van der Waals surface area contributed by atoms with Crippen molar-refractivity contribution in [2.24, 2.45) is 5.92 Å². The lowest BCUT2D eigenvalue weighted by molar-refractivity contribution is -0.156. The van der Waals surface area contributed by atoms with Gasteiger partial charge >= 0.3 is 5.97 Å². The summed E-state index contributed by atoms with van der Waals surface area (Å²) in [6.45, 7) is 4.96. The first-order valence-electron chi connectivity index (χ1n) is 10.3. The van der Waals surface area contributed by atoms with E-state index in [2.05, 4.69) is 5.32 Å². The fourth-order valence-corrected chi connectivity index (χ4v) is 3.02. The molecule has 0 heterocycles. The third kappa shape index (κ3) is 6.38. The highest BCUT2D eigenvalue weighted by molar-refractivity contribution is 5.99. The van der Waals surface area contributed by atoms with Crippen LogP contribution in [0.5, 0.6) is 0 Å². The minimum atomic E-state index is -1.16. The van der Waals surface area contributed by atoms with Gasteiger partial charge in [-0.05, 0) is 37.1 Å². The molecule has 0 radical (unpaired) electrons. The molecule has 2 unspecified atom stereocenters. The Bertz CT molecular complexity index is 988. The van der Waals surface area contributed by atoms with E-state index in [0.717, 1.165) is 6.07 Å². The molecule has 0 aliphatic rings. The van der Waals surface area contributed by atoms with Crippen molar-refractivity contribution in [2.75, 3.05) is 11.4 Å². The molecule has 168 valence electrons. The number of nitriles is 1. The molecule has 32 heavy (non-hydrogen) atoms. The van der Waals surface area contributed by atoms with Gasteiger partial charge < -0.3 is 15.0 Å². The molecule has 0 aliphatic heterocycles. The number of carbonyl (C=O) groups is 3. The van der Waals surface area contributed by atoms with Crippen LogP contribution in [0.3, 0.4) is 0 Å². The molecule has 0 saturated heterocycles. The van der Waals surface area contributed by atoms with E-state index in [1.165, 1.54) is 30.0 Å². The monoisotopic (exact) mass is 439 g/mol. The number of anilines is 1. The highest BCUT2D eigenvalue weighted by Gasteiger charge is 2.31. The molecule has 0 saturated carbocycles. The number of para-hydroxylation sites is 1. The van der Waals surface area contributed by atoms with Crippen molar-refractivity contribution in [3.05, 3.63) is 66.0 Å². The number of nitrogens with one attached hydrogen (secondary N) is 1. The molecule has 2 amide bonds. The first-order valence-corrected chi connectivity index (χ1v) is 10.3. The average molecular weight is 439 g/mol. The molecule has 7 nitrogen and oxygen atoms in total. The van der Waals surface area contributed by atoms with Gasteiger partial charge in [-0.15, -0.1) is 0 Å². The number of halogens is 1. The molecule has 2 aromatic carbocycles. The van der Waals surface area contributed by atoms with Gasteiger partial charge in [0.1, 0.15) is 11.9 Å². The lowest BCUT2D eigenvalue weighted by Gasteiger charge is -2.27. The van der Waals surface area contributed by atoms with E-state index in [1.807, 2.05) is 6.07 Å². The fourth-order valence-electron chi connectivity index (χ4n) is 3.02. The maximum atomic E-state index is 13.9. The van der Waals surface area contributed by atoms with Crippen molar-refractivity contribution in [1.82, 2.24) is 5.32 Å². The van der Waals surface area contributed by atoms with E-state index in [9.17, 15) is 18.8 Å². The largest absolute Gasteiger partial charge is 0.451 e. The van der Waals surface area contributed by atoms with Crippen LogP contribution < -0.4 is 10.2 Å². The minimum absolute atomic E-state index is 0.106. The number of hydrogen-bond donors (Lipinski definition) is 1. The third-order valence-corrected chi connectivity index (χ3v) is 4.75. The Balaban J connectivity index is 2.12. The second-order valence-corrected chi connectivity index (χ2v) is 7.49. The number of amides is 2. The van der Waals surface area contributed by atoms with Gasteiger partial charge in [0, 0.05) is 12.2 Å². The smallest absolute Gasteiger partial charge is 0.329 e. The van der Waals surface area contributed by atoms with Crippen molar-refractivity contribution in [3.8, 4) is 6.07 Å². The number of hydrogen-bond acceptors (Lipinski definition) is 5. The van der Waals surface area contributed by atoms with E-state index >= 15 is 0 Å². The van der Waals surface area contributed by atoms with Crippen LogP contribution in [0.15, 0.2) is 54.6 Å². The number of esters is 1. The Hall–Kier alpha value is -3.73. The summed E-state index contributed by atoms with van der Waals surface area (Å²) in [5, 5.41) is 11.4. The van der Waals surface area contributed by atoms with Crippen molar-refractivity contribution in [2.45, 2.75) is 39.3 Å². The summed E-state index contributed by atoms with van der Waals surface area (Å²) >= 11 is 0. The molecular weight excluding hydrogens is 413 g/mol. The molecule has 0 aromatic heterocycles. The summed E-state index contributed by atoms with van der Waals surface area (Å²) in [5.74, 6) is -3.14. The second kappa shape index (κ2) is 11.6. The molecule has 0 spiro atoms. The zero-order valence-corrected chi connectivity index (χ0v) is 18.2. The van der Waals surface area contributed by atoms with Gasteiger partial charge in [-0.1, -0.05) is 44.2 Å². The summed E-state index contributed by atoms with van der Waals surface area (Å²) in [4.78, 5) is 39.6. The lowest BCUT2D eigenvalue weighted by atomic mass is 10.0. The zero-order valence-electron chi connectivity index (χ0n) is 18.2. The zero-order chi connectivity index (χ0) is 23.7. The predicted molar refractivity (Wildman–Crippen MR) is 117 cm³/mol. The van der Waals surface area contributed by atoms with Crippen LogP contribution in [0.2, 0.25) is 0 Å². The topological polar surface area (TPSA) is 99.5 Å². The highest BCUT2D eigenvalue weighted by atomic mass is 19.1. The predicted octanol–water partition coefficient (Wildman–Crippen LogP) is 3.46. The first-order chi connectivity index (χ1) is 15.3. The van der Waals surface area contributed by atoms with Gasteiger partial charge in [0.15, 0.2) is 6.10 Å². The van der Waals surface area contributed by atoms with E-state index in [0.29, 0.717) is 5.69 Å². The normalized spacial score (nSPS) is 12.4. The van der Waals surface area contributed by atoms with Crippen LogP contribution in [0.4, 0.5) is 10.1 Å². The van der Waals surface area contributed by atoms with Crippen LogP contribution in [-0.2, 0) is 14.3 Å². The van der Waals surface area contributed by atoms with Gasteiger partial charge in [0.2, 0.25) is 0 Å². The van der Waals surface area contributed by atoms with Crippen molar-refractivity contribution in [3.63, 3.8) is 0 Å². The maximum Gasteiger partial charge on any atom is 0.329 e. The molecular formula is C24H26FN3O4. The van der Waals surface area contributed by atoms with Gasteiger partial charge in [0.25, 0.3) is 11.8 Å². The molecule has 0 aliphatic carbocycles. The van der Waals surface area contributed by atoms with Crippen LogP contribution in [0.25, 0.3) is 0 Å². The summed E-state index contributed by atoms with van der Waals surface area (Å²) in [7, 11) is 0. The van der Waals surface area contributed by atoms with Crippen molar-refractivity contribution < 1.29 is 23.5 Å². The van der Waals surface area contributed by atoms with Crippen LogP contribution >= 0.6 is 0 Å². The van der Waals surface area contributed by atoms with Gasteiger partial charge in [0.05, 0.1) is 18.1 Å². The number of nitrogens with zero attached hydrogens (tertiary/aromatic N) is 2. The van der Waals surface area contributed by atoms with Crippen LogP contribution in [0.1, 0.15) is 37.6 Å². The SMILES string of the molecule is CC(OC(=O)C(NC(=O)c1ccccc1F)C(C)C)C(=O)N(CCC#N)c1ccccc1. The third-order valence-electron chi connectivity index (χ3n) is 4.75. The lowest BCUT2D eigenvalue weighted by Crippen LogP contribution is -2.48. The molecule has 2 rings (SSSR count). The molecule has 2 atom stereocenters. The fraction of sp³-hybridized carbons (Fsp3) is 0.333. The van der Waals surface area contributed by atoms with Crippen molar-refractivity contribution in [1.29, 1.82) is 5.26 Å². The number of ether oxygens (including phenoxy) is 1. The Morgan fingerprint density at radius 2 is 1.69 bits per heavy atom. The van der Waals surface area contributed by atoms with Crippen LogP contribution in [-0.4, -0.2) is 36.5 Å². The standard InChI is InChI=1S/C24H26FN3O4/c1-16(2)21(27-22(29)19-12-7-8-13-20(19)25)24(31)32-17(3)23(30)28(15-9-14-26)18-10-5-4-6-11-18/h4-8,10-13,16-17,21H,9,15H2,1-3H3,(H,27,29). The molecule has 1 N–H and O–H groups in total. The Kier molecular flexibility index (Phi) is 8.90. The second-order valence-electron chi connectivity index (χ2n) is 7.49. The molecule has 2 aromatic rings. The van der Waals surface area contributed by atoms with E-state index in [-0.39, 0.29) is 24.4 Å². The van der Waals surface area contributed by atoms with Crippen molar-refractivity contribution >= 4 is 23.5 Å². The summed E-state index contributed by atoms with van der Waals surface area (Å²) in [5.41, 5.74) is 0.380. The number of benzene rings is 2. The van der Waals surface area contributed by atoms with E-state index in [4.69, 9.17) is 10.00 Å². The summed E-state index contributed by atoms with van der Waals surface area (Å²) < 4.78 is 19.3. The summed E-state index contributed by atoms with van der Waals surface area (Å²) in [6, 6.07) is 15.1. The quantitative estimate of drug-likeness (QED) is 0.603. The minimum Gasteiger partial charge on any atom is -0.451 e. The van der Waals surface area contributed by atoms with Gasteiger partial charge in [-0.25, -0.2) is 9.18 Å². The Labute approximate surface area is 186 Å². The van der Waals surface area contributed by atoms with Crippen LogP contribution in [0, 0.1) is 23.1 Å². The number of rotatable bonds is 9. The highest BCUT2D eigenvalue weighted by Crippen LogP contribution is 2.17. The van der Waals surface area contributed by atoms with E-state index in [1.54, 1.807) is 44.2 Å². The van der Waals surface area contributed by atoms with E-state index < -0.39 is 35.7 Å². The Morgan fingerprint density at radius 1 is 1.06 bits per heavy atom. The van der Waals surface area contributed by atoms with Gasteiger partial charge in [-0.3, -0.25) is 9.59 Å². The molecule has 0 bridgehead atoms. The first kappa shape index (κ1) is 24.5. The molecule has 0 fully saturated rings. The average Bonchev–Trinajstić information content (AvgIpc) is 2.78.